The van der Waals surface area contributed by atoms with E-state index in [-0.39, 0.29) is 11.9 Å². The highest BCUT2D eigenvalue weighted by Gasteiger charge is 2.35. The molecule has 6 rings (SSSR count). The number of likely N-dealkylation sites (tertiary alicyclic amines) is 1. The number of carbonyl (C=O) groups excluding carboxylic acids is 1. The molecule has 0 bridgehead atoms. The van der Waals surface area contributed by atoms with Gasteiger partial charge in [-0.2, -0.15) is 10.1 Å². The molecule has 0 atom stereocenters. The third-order valence-corrected chi connectivity index (χ3v) is 7.71. The largest absolute Gasteiger partial charge is 0.348 e. The summed E-state index contributed by atoms with van der Waals surface area (Å²) in [5, 5.41) is 9.68. The van der Waals surface area contributed by atoms with Gasteiger partial charge in [0.15, 0.2) is 5.17 Å². The first kappa shape index (κ1) is 20.0. The van der Waals surface area contributed by atoms with E-state index in [9.17, 15) is 4.79 Å². The van der Waals surface area contributed by atoms with E-state index in [0.717, 1.165) is 45.3 Å². The van der Waals surface area contributed by atoms with Crippen LogP contribution in [-0.2, 0) is 11.2 Å². The Kier molecular flexibility index (Phi) is 4.86. The van der Waals surface area contributed by atoms with E-state index in [1.54, 1.807) is 0 Å². The molecule has 1 amide bonds. The molecule has 3 aromatic rings. The summed E-state index contributed by atoms with van der Waals surface area (Å²) in [6.45, 7) is 1.48. The van der Waals surface area contributed by atoms with Crippen LogP contribution in [0.4, 0.5) is 0 Å². The number of aliphatic imine (C=N–C) groups is 1. The van der Waals surface area contributed by atoms with E-state index in [1.807, 2.05) is 18.3 Å². The molecule has 0 spiro atoms. The first-order valence-corrected chi connectivity index (χ1v) is 12.0. The van der Waals surface area contributed by atoms with Gasteiger partial charge in [0.05, 0.1) is 16.6 Å². The van der Waals surface area contributed by atoms with Gasteiger partial charge in [-0.3, -0.25) is 9.89 Å². The number of fused-ring (bicyclic) bond motifs is 1. The van der Waals surface area contributed by atoms with Crippen LogP contribution in [0.5, 0.6) is 0 Å². The summed E-state index contributed by atoms with van der Waals surface area (Å²) in [6, 6.07) is 12.5. The highest BCUT2D eigenvalue weighted by molar-refractivity contribution is 8.18. The fourth-order valence-electron chi connectivity index (χ4n) is 4.43. The zero-order valence-electron chi connectivity index (χ0n) is 17.3. The first-order chi connectivity index (χ1) is 15.5. The smallest absolute Gasteiger partial charge is 0.286 e. The van der Waals surface area contributed by atoms with E-state index >= 15 is 0 Å². The van der Waals surface area contributed by atoms with Gasteiger partial charge in [0.2, 0.25) is 0 Å². The van der Waals surface area contributed by atoms with Crippen LogP contribution in [-0.4, -0.2) is 45.3 Å². The number of H-pyrrole nitrogens is 1. The minimum absolute atomic E-state index is 0.152. The van der Waals surface area contributed by atoms with Crippen molar-refractivity contribution >= 4 is 50.9 Å². The standard InChI is InChI=1S/C24H22ClN5OS/c25-17-5-3-15(19(9-17)13-1-2-13)8-20(14-4-6-21-16(7-14)10-27-29-21)22-23(31)28-24(32-22)30-11-18(26)12-30/h3-7,9-10,13,18H,1-2,8,11-12,26H2,(H,27,29). The molecule has 32 heavy (non-hydrogen) atoms. The lowest BCUT2D eigenvalue weighted by Gasteiger charge is -2.37. The number of hydrogen-bond donors (Lipinski definition) is 2. The van der Waals surface area contributed by atoms with Crippen LogP contribution in [0.15, 0.2) is 52.5 Å². The predicted molar refractivity (Wildman–Crippen MR) is 130 cm³/mol. The van der Waals surface area contributed by atoms with Crippen molar-refractivity contribution in [1.29, 1.82) is 0 Å². The van der Waals surface area contributed by atoms with Crippen LogP contribution in [0.25, 0.3) is 16.5 Å². The molecule has 3 aliphatic rings. The second-order valence-corrected chi connectivity index (χ2v) is 10.2. The van der Waals surface area contributed by atoms with Gasteiger partial charge in [-0.05, 0) is 83.5 Å². The lowest BCUT2D eigenvalue weighted by atomic mass is 9.92. The molecular weight excluding hydrogens is 442 g/mol. The Hall–Kier alpha value is -2.61. The summed E-state index contributed by atoms with van der Waals surface area (Å²) in [6.07, 6.45) is 4.85. The summed E-state index contributed by atoms with van der Waals surface area (Å²) in [7, 11) is 0. The maximum Gasteiger partial charge on any atom is 0.286 e. The maximum absolute atomic E-state index is 13.1. The number of benzene rings is 2. The van der Waals surface area contributed by atoms with Crippen LogP contribution < -0.4 is 5.73 Å². The molecule has 2 fully saturated rings. The van der Waals surface area contributed by atoms with Crippen molar-refractivity contribution in [3.8, 4) is 0 Å². The highest BCUT2D eigenvalue weighted by Crippen LogP contribution is 2.45. The Morgan fingerprint density at radius 1 is 1.22 bits per heavy atom. The highest BCUT2D eigenvalue weighted by atomic mass is 35.5. The van der Waals surface area contributed by atoms with E-state index in [4.69, 9.17) is 17.3 Å². The van der Waals surface area contributed by atoms with E-state index in [2.05, 4.69) is 44.4 Å². The molecular formula is C24H22ClN5OS. The molecule has 1 saturated carbocycles. The SMILES string of the molecule is NC1CN(C2=NC(=O)C(=C(Cc3ccc(Cl)cc3C3CC3)c3ccc4[nH]ncc4c3)S2)C1. The number of allylic oxidation sites excluding steroid dienone is 1. The van der Waals surface area contributed by atoms with Crippen molar-refractivity contribution in [2.45, 2.75) is 31.2 Å². The van der Waals surface area contributed by atoms with Gasteiger partial charge < -0.3 is 10.6 Å². The Morgan fingerprint density at radius 2 is 2.06 bits per heavy atom. The number of nitrogens with two attached hydrogens (primary N) is 1. The van der Waals surface area contributed by atoms with Gasteiger partial charge >= 0.3 is 0 Å². The topological polar surface area (TPSA) is 87.4 Å². The number of amidine groups is 1. The molecule has 162 valence electrons. The van der Waals surface area contributed by atoms with Crippen LogP contribution in [0.3, 0.4) is 0 Å². The van der Waals surface area contributed by atoms with Crippen molar-refractivity contribution in [3.05, 3.63) is 69.2 Å². The van der Waals surface area contributed by atoms with Crippen molar-refractivity contribution in [2.24, 2.45) is 10.7 Å². The lowest BCUT2D eigenvalue weighted by Crippen LogP contribution is -2.56. The quantitative estimate of drug-likeness (QED) is 0.562. The summed E-state index contributed by atoms with van der Waals surface area (Å²) in [5.74, 6) is 0.391. The number of carbonyl (C=O) groups is 1. The summed E-state index contributed by atoms with van der Waals surface area (Å²) in [4.78, 5) is 20.2. The summed E-state index contributed by atoms with van der Waals surface area (Å²) >= 11 is 7.79. The molecule has 2 aliphatic heterocycles. The number of amides is 1. The maximum atomic E-state index is 13.1. The van der Waals surface area contributed by atoms with Crippen LogP contribution >= 0.6 is 23.4 Å². The van der Waals surface area contributed by atoms with Gasteiger partial charge in [0, 0.05) is 29.5 Å². The predicted octanol–water partition coefficient (Wildman–Crippen LogP) is 4.32. The third-order valence-electron chi connectivity index (χ3n) is 6.32. The Bertz CT molecular complexity index is 1300. The summed E-state index contributed by atoms with van der Waals surface area (Å²) < 4.78 is 0. The fourth-order valence-corrected chi connectivity index (χ4v) is 5.64. The van der Waals surface area contributed by atoms with Gasteiger partial charge in [-0.1, -0.05) is 23.7 Å². The molecule has 3 N–H and O–H groups in total. The van der Waals surface area contributed by atoms with E-state index in [1.165, 1.54) is 35.7 Å². The number of aromatic amines is 1. The zero-order chi connectivity index (χ0) is 21.8. The molecule has 1 aliphatic carbocycles. The number of thioether (sulfide) groups is 1. The number of nitrogens with one attached hydrogen (secondary N) is 1. The molecule has 6 nitrogen and oxygen atoms in total. The zero-order valence-corrected chi connectivity index (χ0v) is 18.9. The minimum atomic E-state index is -0.172. The monoisotopic (exact) mass is 463 g/mol. The molecule has 3 heterocycles. The Morgan fingerprint density at radius 3 is 2.84 bits per heavy atom. The van der Waals surface area contributed by atoms with E-state index < -0.39 is 0 Å². The number of hydrogen-bond acceptors (Lipinski definition) is 5. The average Bonchev–Trinajstić information content (AvgIpc) is 3.38. The number of halogens is 1. The molecule has 2 aromatic carbocycles. The minimum Gasteiger partial charge on any atom is -0.348 e. The first-order valence-electron chi connectivity index (χ1n) is 10.8. The fraction of sp³-hybridized carbons (Fsp3) is 0.292. The van der Waals surface area contributed by atoms with Gasteiger partial charge in [-0.15, -0.1) is 0 Å². The van der Waals surface area contributed by atoms with E-state index in [0.29, 0.717) is 17.2 Å². The normalized spacial score (nSPS) is 20.6. The van der Waals surface area contributed by atoms with Crippen molar-refractivity contribution in [1.82, 2.24) is 15.1 Å². The molecule has 0 unspecified atom stereocenters. The van der Waals surface area contributed by atoms with Gasteiger partial charge in [-0.25, -0.2) is 0 Å². The molecule has 0 radical (unpaired) electrons. The lowest BCUT2D eigenvalue weighted by molar-refractivity contribution is -0.113. The summed E-state index contributed by atoms with van der Waals surface area (Å²) in [5.41, 5.74) is 11.4. The van der Waals surface area contributed by atoms with Crippen LogP contribution in [0.2, 0.25) is 5.02 Å². The third kappa shape index (κ3) is 3.64. The van der Waals surface area contributed by atoms with Crippen LogP contribution in [0, 0.1) is 0 Å². The average molecular weight is 464 g/mol. The molecule has 1 saturated heterocycles. The second kappa shape index (κ2) is 7.76. The Balaban J connectivity index is 1.43. The number of rotatable bonds is 4. The van der Waals surface area contributed by atoms with Crippen molar-refractivity contribution in [2.75, 3.05) is 13.1 Å². The number of aromatic nitrogens is 2. The molecule has 1 aromatic heterocycles. The second-order valence-electron chi connectivity index (χ2n) is 8.74. The van der Waals surface area contributed by atoms with Gasteiger partial charge in [0.25, 0.3) is 5.91 Å². The van der Waals surface area contributed by atoms with Crippen LogP contribution in [0.1, 0.15) is 35.4 Å². The number of nitrogens with zero attached hydrogens (tertiary/aromatic N) is 3. The van der Waals surface area contributed by atoms with Crippen molar-refractivity contribution < 1.29 is 4.79 Å². The molecule has 8 heteroatoms. The van der Waals surface area contributed by atoms with Gasteiger partial charge in [0.1, 0.15) is 0 Å². The Labute approximate surface area is 194 Å². The van der Waals surface area contributed by atoms with Crippen molar-refractivity contribution in [3.63, 3.8) is 0 Å².